The topological polar surface area (TPSA) is 116 Å². The summed E-state index contributed by atoms with van der Waals surface area (Å²) in [6.07, 6.45) is 2.19. The van der Waals surface area contributed by atoms with Gasteiger partial charge in [-0.05, 0) is 50.2 Å². The van der Waals surface area contributed by atoms with Gasteiger partial charge in [-0.3, -0.25) is 9.59 Å². The van der Waals surface area contributed by atoms with Crippen molar-refractivity contribution in [2.75, 3.05) is 60.4 Å². The Morgan fingerprint density at radius 3 is 2.41 bits per heavy atom. The number of rotatable bonds is 7. The number of hydrogen-bond acceptors (Lipinski definition) is 10. The molecule has 4 heterocycles. The monoisotopic (exact) mass is 538 g/mol. The number of carbonyl (C=O) groups is 2. The third-order valence-corrected chi connectivity index (χ3v) is 7.52. The van der Waals surface area contributed by atoms with E-state index in [1.165, 1.54) is 19.1 Å². The summed E-state index contributed by atoms with van der Waals surface area (Å²) in [4.78, 5) is 30.8. The molecule has 6 rings (SSSR count). The maximum absolute atomic E-state index is 13.6. The van der Waals surface area contributed by atoms with E-state index in [9.17, 15) is 14.7 Å². The Labute approximate surface area is 225 Å². The highest BCUT2D eigenvalue weighted by Crippen LogP contribution is 2.54. The first-order chi connectivity index (χ1) is 19.0. The van der Waals surface area contributed by atoms with Crippen LogP contribution in [0.1, 0.15) is 30.0 Å². The van der Waals surface area contributed by atoms with E-state index in [2.05, 4.69) is 4.90 Å². The summed E-state index contributed by atoms with van der Waals surface area (Å²) in [5.41, 5.74) is 0.712. The Balaban J connectivity index is 1.50. The molecule has 0 aromatic heterocycles. The third-order valence-electron chi connectivity index (χ3n) is 7.52. The van der Waals surface area contributed by atoms with Crippen molar-refractivity contribution in [2.24, 2.45) is 0 Å². The molecule has 1 atom stereocenters. The number of aliphatic hydroxyl groups is 1. The van der Waals surface area contributed by atoms with Crippen LogP contribution in [0.5, 0.6) is 34.5 Å². The highest BCUT2D eigenvalue weighted by atomic mass is 16.7. The van der Waals surface area contributed by atoms with E-state index >= 15 is 0 Å². The van der Waals surface area contributed by atoms with Gasteiger partial charge in [-0.25, -0.2) is 0 Å². The van der Waals surface area contributed by atoms with Gasteiger partial charge >= 0.3 is 0 Å². The van der Waals surface area contributed by atoms with Crippen LogP contribution < -0.4 is 28.4 Å². The van der Waals surface area contributed by atoms with E-state index in [-0.39, 0.29) is 36.2 Å². The number of likely N-dealkylation sites (tertiary alicyclic amines) is 2. The summed E-state index contributed by atoms with van der Waals surface area (Å²) in [6, 6.07) is 5.64. The molecule has 0 bridgehead atoms. The minimum atomic E-state index is -0.959. The van der Waals surface area contributed by atoms with Gasteiger partial charge in [0.1, 0.15) is 19.0 Å². The fourth-order valence-corrected chi connectivity index (χ4v) is 5.65. The number of methoxy groups -OCH3 is 2. The number of ketones is 1. The lowest BCUT2D eigenvalue weighted by molar-refractivity contribution is -0.140. The molecular formula is C28H30N2O9. The first-order valence-electron chi connectivity index (χ1n) is 13.0. The first-order valence-corrected chi connectivity index (χ1v) is 13.0. The van der Waals surface area contributed by atoms with Gasteiger partial charge in [0, 0.05) is 24.2 Å². The fraction of sp³-hybridized carbons (Fsp3) is 0.429. The molecule has 0 unspecified atom stereocenters. The summed E-state index contributed by atoms with van der Waals surface area (Å²) in [5, 5.41) is 11.6. The maximum atomic E-state index is 13.6. The fourth-order valence-electron chi connectivity index (χ4n) is 5.65. The molecule has 0 saturated carbocycles. The Kier molecular flexibility index (Phi) is 6.59. The van der Waals surface area contributed by atoms with E-state index in [0.29, 0.717) is 53.9 Å². The number of benzene rings is 2. The number of nitrogens with zero attached hydrogens (tertiary/aromatic N) is 2. The lowest BCUT2D eigenvalue weighted by atomic mass is 9.93. The van der Waals surface area contributed by atoms with Gasteiger partial charge in [-0.2, -0.15) is 0 Å². The molecule has 206 valence electrons. The highest BCUT2D eigenvalue weighted by molar-refractivity contribution is 6.46. The molecule has 11 heteroatoms. The highest BCUT2D eigenvalue weighted by Gasteiger charge is 2.48. The minimum Gasteiger partial charge on any atom is -0.507 e. The minimum absolute atomic E-state index is 0.00928. The standard InChI is InChI=1S/C28H30N2O9/c1-34-25-17(14-20-26(27(25)35-2)39-15-38-20)22-21(23(31)16-5-6-18-19(13-16)37-12-11-36-18)24(32)28(33)30(22)10-9-29-7-3-4-8-29/h5-6,13-14,22,31H,3-4,7-12,15H2,1-2H3/t22-/m1/s1. The second-order valence-electron chi connectivity index (χ2n) is 9.67. The number of fused-ring (bicyclic) bond motifs is 2. The molecule has 2 saturated heterocycles. The number of ether oxygens (including phenoxy) is 6. The molecule has 2 aromatic rings. The molecule has 0 aliphatic carbocycles. The van der Waals surface area contributed by atoms with Crippen molar-refractivity contribution in [2.45, 2.75) is 18.9 Å². The van der Waals surface area contributed by atoms with Crippen molar-refractivity contribution in [3.8, 4) is 34.5 Å². The van der Waals surface area contributed by atoms with E-state index in [0.717, 1.165) is 25.9 Å². The van der Waals surface area contributed by atoms with Crippen LogP contribution in [-0.2, 0) is 9.59 Å². The Hall–Kier alpha value is -4.12. The largest absolute Gasteiger partial charge is 0.507 e. The van der Waals surface area contributed by atoms with E-state index in [1.807, 2.05) is 0 Å². The number of hydrogen-bond donors (Lipinski definition) is 1. The van der Waals surface area contributed by atoms with Crippen molar-refractivity contribution in [3.63, 3.8) is 0 Å². The number of amides is 1. The SMILES string of the molecule is COc1c([C@@H]2C(=C(O)c3ccc4c(c3)OCCO4)C(=O)C(=O)N2CCN2CCCC2)cc2c(c1OC)OCO2. The predicted molar refractivity (Wildman–Crippen MR) is 138 cm³/mol. The predicted octanol–water partition coefficient (Wildman–Crippen LogP) is 2.72. The van der Waals surface area contributed by atoms with E-state index in [1.54, 1.807) is 24.3 Å². The zero-order valence-corrected chi connectivity index (χ0v) is 21.9. The van der Waals surface area contributed by atoms with E-state index in [4.69, 9.17) is 28.4 Å². The van der Waals surface area contributed by atoms with Crippen molar-refractivity contribution in [1.82, 2.24) is 9.80 Å². The van der Waals surface area contributed by atoms with Crippen LogP contribution in [0.15, 0.2) is 29.8 Å². The van der Waals surface area contributed by atoms with Crippen LogP contribution in [0.4, 0.5) is 0 Å². The molecule has 0 spiro atoms. The van der Waals surface area contributed by atoms with Crippen LogP contribution in [0.2, 0.25) is 0 Å². The van der Waals surface area contributed by atoms with Crippen molar-refractivity contribution in [1.29, 1.82) is 0 Å². The van der Waals surface area contributed by atoms with Crippen LogP contribution in [0, 0.1) is 0 Å². The molecule has 0 radical (unpaired) electrons. The van der Waals surface area contributed by atoms with Crippen molar-refractivity contribution < 1.29 is 43.1 Å². The molecule has 1 N–H and O–H groups in total. The Morgan fingerprint density at radius 1 is 0.923 bits per heavy atom. The third kappa shape index (κ3) is 4.26. The lowest BCUT2D eigenvalue weighted by Crippen LogP contribution is -2.37. The van der Waals surface area contributed by atoms with Gasteiger partial charge in [0.25, 0.3) is 11.7 Å². The van der Waals surface area contributed by atoms with Gasteiger partial charge in [-0.1, -0.05) is 0 Å². The maximum Gasteiger partial charge on any atom is 0.295 e. The average Bonchev–Trinajstić information content (AvgIpc) is 3.71. The van der Waals surface area contributed by atoms with Crippen LogP contribution >= 0.6 is 0 Å². The van der Waals surface area contributed by atoms with Crippen LogP contribution in [0.3, 0.4) is 0 Å². The number of Topliss-reactive ketones (excluding diaryl/α,β-unsaturated/α-hetero) is 1. The van der Waals surface area contributed by atoms with Crippen LogP contribution in [0.25, 0.3) is 5.76 Å². The summed E-state index contributed by atoms with van der Waals surface area (Å²) in [5.74, 6) is 0.531. The van der Waals surface area contributed by atoms with E-state index < -0.39 is 17.7 Å². The Bertz CT molecular complexity index is 1350. The molecule has 4 aliphatic rings. The molecule has 11 nitrogen and oxygen atoms in total. The molecule has 4 aliphatic heterocycles. The Morgan fingerprint density at radius 2 is 1.67 bits per heavy atom. The second-order valence-corrected chi connectivity index (χ2v) is 9.67. The zero-order chi connectivity index (χ0) is 27.1. The quantitative estimate of drug-likeness (QED) is 0.320. The average molecular weight is 539 g/mol. The summed E-state index contributed by atoms with van der Waals surface area (Å²) < 4.78 is 33.9. The van der Waals surface area contributed by atoms with Gasteiger partial charge in [-0.15, -0.1) is 0 Å². The summed E-state index contributed by atoms with van der Waals surface area (Å²) >= 11 is 0. The van der Waals surface area contributed by atoms with Crippen molar-refractivity contribution in [3.05, 3.63) is 41.0 Å². The lowest BCUT2D eigenvalue weighted by Gasteiger charge is -2.29. The van der Waals surface area contributed by atoms with Crippen LogP contribution in [-0.4, -0.2) is 87.0 Å². The summed E-state index contributed by atoms with van der Waals surface area (Å²) in [6.45, 7) is 3.54. The second kappa shape index (κ2) is 10.2. The molecule has 1 amide bonds. The number of carbonyl (C=O) groups excluding carboxylic acids is 2. The van der Waals surface area contributed by atoms with Gasteiger partial charge < -0.3 is 43.3 Å². The smallest absolute Gasteiger partial charge is 0.295 e. The molecule has 2 fully saturated rings. The molecular weight excluding hydrogens is 508 g/mol. The molecule has 39 heavy (non-hydrogen) atoms. The molecule has 2 aromatic carbocycles. The zero-order valence-electron chi connectivity index (χ0n) is 21.9. The number of aliphatic hydroxyl groups excluding tert-OH is 1. The normalized spacial score (nSPS) is 21.5. The van der Waals surface area contributed by atoms with Gasteiger partial charge in [0.15, 0.2) is 23.0 Å². The van der Waals surface area contributed by atoms with Gasteiger partial charge in [0.2, 0.25) is 18.3 Å². The summed E-state index contributed by atoms with van der Waals surface area (Å²) in [7, 11) is 2.95. The first kappa shape index (κ1) is 25.2. The van der Waals surface area contributed by atoms with Gasteiger partial charge in [0.05, 0.1) is 25.8 Å². The van der Waals surface area contributed by atoms with Crippen molar-refractivity contribution >= 4 is 17.4 Å².